The van der Waals surface area contributed by atoms with Crippen LogP contribution in [-0.2, 0) is 4.79 Å². The second-order valence-electron chi connectivity index (χ2n) is 9.92. The molecule has 180 valence electrons. The van der Waals surface area contributed by atoms with Crippen LogP contribution < -0.4 is 10.2 Å². The van der Waals surface area contributed by atoms with E-state index in [1.54, 1.807) is 24.3 Å². The average Bonchev–Trinajstić information content (AvgIpc) is 3.12. The van der Waals surface area contributed by atoms with Gasteiger partial charge in [0.25, 0.3) is 11.8 Å². The normalized spacial score (nSPS) is 22.9. The Morgan fingerprint density at radius 2 is 1.86 bits per heavy atom. The van der Waals surface area contributed by atoms with Crippen molar-refractivity contribution in [3.8, 4) is 0 Å². The summed E-state index contributed by atoms with van der Waals surface area (Å²) < 4.78 is 13.8. The van der Waals surface area contributed by atoms with E-state index in [0.717, 1.165) is 36.3 Å². The molecule has 0 aromatic heterocycles. The van der Waals surface area contributed by atoms with E-state index in [4.69, 9.17) is 11.6 Å². The van der Waals surface area contributed by atoms with Gasteiger partial charge >= 0.3 is 0 Å². The number of hydrogen-bond acceptors (Lipinski definition) is 2. The number of piperidine rings is 1. The van der Waals surface area contributed by atoms with Gasteiger partial charge in [-0.2, -0.15) is 0 Å². The average molecular weight is 493 g/mol. The number of anilines is 2. The molecule has 3 unspecified atom stereocenters. The second kappa shape index (κ2) is 9.10. The van der Waals surface area contributed by atoms with Gasteiger partial charge in [0.1, 0.15) is 5.82 Å². The molecule has 5 nitrogen and oxygen atoms in total. The molecule has 3 atom stereocenters. The van der Waals surface area contributed by atoms with Crippen LogP contribution in [0.1, 0.15) is 33.8 Å². The van der Waals surface area contributed by atoms with Crippen LogP contribution in [0.4, 0.5) is 15.8 Å². The topological polar surface area (TPSA) is 49.4 Å². The summed E-state index contributed by atoms with van der Waals surface area (Å²) in [4.78, 5) is 28.5. The molecule has 1 N–H and O–H groups in total. The Balaban J connectivity index is 1.40. The third-order valence-corrected chi connectivity index (χ3v) is 7.55. The number of rotatable bonds is 4. The quantitative estimate of drug-likeness (QED) is 0.496. The zero-order chi connectivity index (χ0) is 24.7. The van der Waals surface area contributed by atoms with Crippen molar-refractivity contribution in [2.24, 2.45) is 0 Å². The number of hydrogen-bond donors (Lipinski definition) is 1. The van der Waals surface area contributed by atoms with Crippen molar-refractivity contribution >= 4 is 34.8 Å². The summed E-state index contributed by atoms with van der Waals surface area (Å²) in [5, 5.41) is 3.33. The van der Waals surface area contributed by atoms with Crippen molar-refractivity contribution in [3.05, 3.63) is 94.3 Å². The summed E-state index contributed by atoms with van der Waals surface area (Å²) in [6, 6.07) is 19.2. The van der Waals surface area contributed by atoms with E-state index in [0.29, 0.717) is 27.3 Å². The lowest BCUT2D eigenvalue weighted by Gasteiger charge is -2.43. The summed E-state index contributed by atoms with van der Waals surface area (Å²) in [5.74, 6) is -0.411. The van der Waals surface area contributed by atoms with Crippen molar-refractivity contribution in [2.45, 2.75) is 25.3 Å². The van der Waals surface area contributed by atoms with Gasteiger partial charge < -0.3 is 14.7 Å². The van der Waals surface area contributed by atoms with E-state index in [1.165, 1.54) is 12.1 Å². The third-order valence-electron chi connectivity index (χ3n) is 7.22. The van der Waals surface area contributed by atoms with Crippen LogP contribution in [-0.4, -0.2) is 49.0 Å². The van der Waals surface area contributed by atoms with E-state index >= 15 is 0 Å². The third kappa shape index (κ3) is 4.56. The van der Waals surface area contributed by atoms with Gasteiger partial charge in [-0.05, 0) is 55.0 Å². The Hall–Kier alpha value is -3.22. The molecule has 2 aliphatic heterocycles. The molecule has 1 saturated heterocycles. The number of nitrogens with one attached hydrogen (secondary N) is 1. The highest BCUT2D eigenvalue weighted by Crippen LogP contribution is 2.47. The number of carbonyl (C=O) groups excluding carboxylic acids is 2. The Bertz CT molecular complexity index is 1300. The van der Waals surface area contributed by atoms with Crippen LogP contribution in [0.25, 0.3) is 0 Å². The minimum atomic E-state index is -0.338. The molecule has 2 amide bonds. The Labute approximate surface area is 209 Å². The second-order valence-corrected chi connectivity index (χ2v) is 10.3. The summed E-state index contributed by atoms with van der Waals surface area (Å²) in [6.45, 7) is 3.86. The largest absolute Gasteiger partial charge is 0.321 e. The molecule has 0 saturated carbocycles. The number of fused-ring (bicyclic) bond motifs is 3. The van der Waals surface area contributed by atoms with Crippen molar-refractivity contribution in [1.29, 1.82) is 0 Å². The van der Waals surface area contributed by atoms with E-state index in [2.05, 4.69) is 25.4 Å². The van der Waals surface area contributed by atoms with Crippen molar-refractivity contribution in [1.82, 2.24) is 0 Å². The molecule has 0 spiro atoms. The Morgan fingerprint density at radius 3 is 2.60 bits per heavy atom. The lowest BCUT2D eigenvalue weighted by Crippen LogP contribution is -2.58. The van der Waals surface area contributed by atoms with Crippen LogP contribution in [0.2, 0.25) is 5.02 Å². The number of halogens is 2. The van der Waals surface area contributed by atoms with Crippen LogP contribution in [0.15, 0.2) is 66.7 Å². The van der Waals surface area contributed by atoms with Crippen molar-refractivity contribution < 1.29 is 18.5 Å². The fourth-order valence-electron chi connectivity index (χ4n) is 5.57. The van der Waals surface area contributed by atoms with Crippen LogP contribution in [0.5, 0.6) is 0 Å². The number of likely N-dealkylation sites (N-methyl/N-ethyl adjacent to an activating group) is 1. The van der Waals surface area contributed by atoms with Gasteiger partial charge in [-0.15, -0.1) is 0 Å². The molecule has 0 bridgehead atoms. The summed E-state index contributed by atoms with van der Waals surface area (Å²) in [6.07, 6.45) is 0.773. The van der Waals surface area contributed by atoms with Gasteiger partial charge in [-0.3, -0.25) is 9.59 Å². The SMILES string of the molecule is Cc1ccc2c(c1)C1C[N+](C)(CC(=O)Nc3ccc(F)cc3)CCC1N2C(=O)c1ccccc1Cl. The predicted octanol–water partition coefficient (Wildman–Crippen LogP) is 5.39. The van der Waals surface area contributed by atoms with Gasteiger partial charge in [-0.25, -0.2) is 4.39 Å². The molecule has 35 heavy (non-hydrogen) atoms. The summed E-state index contributed by atoms with van der Waals surface area (Å²) in [5.41, 5.74) is 4.31. The molecular weight excluding hydrogens is 465 g/mol. The number of aryl methyl sites for hydroxylation is 1. The molecule has 5 rings (SSSR count). The minimum Gasteiger partial charge on any atom is -0.321 e. The first-order valence-corrected chi connectivity index (χ1v) is 12.2. The first kappa shape index (κ1) is 23.5. The van der Waals surface area contributed by atoms with Gasteiger partial charge in [0.15, 0.2) is 6.54 Å². The maximum atomic E-state index is 13.7. The van der Waals surface area contributed by atoms with E-state index in [-0.39, 0.29) is 29.6 Å². The maximum absolute atomic E-state index is 13.7. The number of benzene rings is 3. The maximum Gasteiger partial charge on any atom is 0.279 e. The lowest BCUT2D eigenvalue weighted by atomic mass is 9.87. The smallest absolute Gasteiger partial charge is 0.279 e. The molecule has 3 aromatic rings. The monoisotopic (exact) mass is 492 g/mol. The van der Waals surface area contributed by atoms with Gasteiger partial charge in [0.2, 0.25) is 0 Å². The summed E-state index contributed by atoms with van der Waals surface area (Å²) >= 11 is 6.39. The lowest BCUT2D eigenvalue weighted by molar-refractivity contribution is -0.907. The minimum absolute atomic E-state index is 0.0157. The summed E-state index contributed by atoms with van der Waals surface area (Å²) in [7, 11) is 2.09. The van der Waals surface area contributed by atoms with Crippen LogP contribution >= 0.6 is 11.6 Å². The van der Waals surface area contributed by atoms with E-state index in [1.807, 2.05) is 29.2 Å². The number of amides is 2. The highest BCUT2D eigenvalue weighted by atomic mass is 35.5. The standard InChI is InChI=1S/C28H27ClFN3O2/c1-18-7-12-25-22(15-18)23-16-33(2,17-27(34)31-20-10-8-19(30)9-11-20)14-13-26(23)32(25)28(35)21-5-3-4-6-24(21)29/h3-12,15,23,26H,13-14,16-17H2,1-2H3/p+1. The molecule has 0 aliphatic carbocycles. The van der Waals surface area contributed by atoms with E-state index < -0.39 is 0 Å². The zero-order valence-corrected chi connectivity index (χ0v) is 20.6. The first-order valence-electron chi connectivity index (χ1n) is 11.8. The highest BCUT2D eigenvalue weighted by molar-refractivity contribution is 6.34. The van der Waals surface area contributed by atoms with Gasteiger partial charge in [-0.1, -0.05) is 41.4 Å². The van der Waals surface area contributed by atoms with Crippen LogP contribution in [0.3, 0.4) is 0 Å². The fourth-order valence-corrected chi connectivity index (χ4v) is 5.78. The van der Waals surface area contributed by atoms with E-state index in [9.17, 15) is 14.0 Å². The van der Waals surface area contributed by atoms with Gasteiger partial charge in [0.05, 0.1) is 42.7 Å². The first-order chi connectivity index (χ1) is 16.7. The number of carbonyl (C=O) groups is 2. The van der Waals surface area contributed by atoms with Crippen molar-refractivity contribution in [2.75, 3.05) is 36.9 Å². The number of quaternary nitrogens is 1. The van der Waals surface area contributed by atoms with Gasteiger partial charge in [0, 0.05) is 17.8 Å². The number of likely N-dealkylation sites (tertiary alicyclic amines) is 1. The predicted molar refractivity (Wildman–Crippen MR) is 136 cm³/mol. The fraction of sp³-hybridized carbons (Fsp3) is 0.286. The zero-order valence-electron chi connectivity index (χ0n) is 19.8. The molecular formula is C28H28ClFN3O2+. The Morgan fingerprint density at radius 1 is 1.11 bits per heavy atom. The molecule has 0 radical (unpaired) electrons. The molecule has 3 aromatic carbocycles. The molecule has 2 heterocycles. The molecule has 2 aliphatic rings. The van der Waals surface area contributed by atoms with Crippen molar-refractivity contribution in [3.63, 3.8) is 0 Å². The molecule has 1 fully saturated rings. The highest BCUT2D eigenvalue weighted by Gasteiger charge is 2.49. The van der Waals surface area contributed by atoms with Crippen LogP contribution in [0, 0.1) is 12.7 Å². The number of nitrogens with zero attached hydrogens (tertiary/aromatic N) is 2. The molecule has 7 heteroatoms. The Kier molecular flexibility index (Phi) is 6.11.